The lowest BCUT2D eigenvalue weighted by Gasteiger charge is -1.99. The minimum Gasteiger partial charge on any atom is -0.221 e. The molecule has 0 fully saturated rings. The lowest BCUT2D eigenvalue weighted by Crippen LogP contribution is -1.95. The molecule has 4 nitrogen and oxygen atoms in total. The van der Waals surface area contributed by atoms with Gasteiger partial charge in [-0.25, -0.2) is 4.98 Å². The zero-order valence-corrected chi connectivity index (χ0v) is 12.2. The molecular formula is C15H14N4S. The van der Waals surface area contributed by atoms with Crippen molar-refractivity contribution in [2.24, 2.45) is 0 Å². The van der Waals surface area contributed by atoms with Crippen molar-refractivity contribution in [2.75, 3.05) is 0 Å². The third-order valence-electron chi connectivity index (χ3n) is 3.27. The van der Waals surface area contributed by atoms with Crippen LogP contribution in [0.15, 0.2) is 24.3 Å². The van der Waals surface area contributed by atoms with Crippen molar-refractivity contribution in [2.45, 2.75) is 26.7 Å². The molecule has 3 rings (SSSR count). The van der Waals surface area contributed by atoms with Gasteiger partial charge in [-0.1, -0.05) is 41.2 Å². The van der Waals surface area contributed by atoms with E-state index >= 15 is 0 Å². The largest absolute Gasteiger partial charge is 0.221 e. The Labute approximate surface area is 121 Å². The highest BCUT2D eigenvalue weighted by Gasteiger charge is 2.13. The molecule has 1 aromatic carbocycles. The summed E-state index contributed by atoms with van der Waals surface area (Å²) in [6.45, 7) is 3.93. The van der Waals surface area contributed by atoms with Crippen molar-refractivity contribution >= 4 is 16.3 Å². The predicted molar refractivity (Wildman–Crippen MR) is 78.9 cm³/mol. The first-order valence-corrected chi connectivity index (χ1v) is 7.29. The monoisotopic (exact) mass is 282 g/mol. The normalized spacial score (nSPS) is 10.8. The van der Waals surface area contributed by atoms with E-state index in [1.165, 1.54) is 11.1 Å². The Morgan fingerprint density at radius 2 is 1.95 bits per heavy atom. The van der Waals surface area contributed by atoms with Gasteiger partial charge in [0.25, 0.3) is 0 Å². The molecule has 0 amide bonds. The second-order valence-electron chi connectivity index (χ2n) is 4.83. The average Bonchev–Trinajstić information content (AvgIpc) is 2.94. The molecule has 0 atom stereocenters. The molecule has 0 saturated carbocycles. The Morgan fingerprint density at radius 1 is 1.20 bits per heavy atom. The number of hydrogen-bond acceptors (Lipinski definition) is 4. The van der Waals surface area contributed by atoms with Gasteiger partial charge < -0.3 is 0 Å². The van der Waals surface area contributed by atoms with Gasteiger partial charge in [-0.3, -0.25) is 0 Å². The standard InChI is InChI=1S/C15H14N4S/c1-10-3-5-12(6-4-10)7-8-14-18-19-13(9-16)11(2)17-15(19)20-14/h3-6H,7-8H2,1-2H3. The van der Waals surface area contributed by atoms with E-state index in [1.54, 1.807) is 15.9 Å². The Kier molecular flexibility index (Phi) is 3.25. The van der Waals surface area contributed by atoms with E-state index in [0.29, 0.717) is 5.69 Å². The lowest BCUT2D eigenvalue weighted by atomic mass is 10.1. The smallest absolute Gasteiger partial charge is 0.213 e. The zero-order chi connectivity index (χ0) is 14.1. The van der Waals surface area contributed by atoms with Gasteiger partial charge in [0.15, 0.2) is 5.69 Å². The van der Waals surface area contributed by atoms with Crippen molar-refractivity contribution in [3.05, 3.63) is 51.8 Å². The van der Waals surface area contributed by atoms with E-state index in [-0.39, 0.29) is 0 Å². The molecule has 0 radical (unpaired) electrons. The highest BCUT2D eigenvalue weighted by atomic mass is 32.1. The van der Waals surface area contributed by atoms with Gasteiger partial charge in [0.1, 0.15) is 11.1 Å². The molecular weight excluding hydrogens is 268 g/mol. The van der Waals surface area contributed by atoms with E-state index in [4.69, 9.17) is 5.26 Å². The van der Waals surface area contributed by atoms with Gasteiger partial charge in [-0.2, -0.15) is 14.9 Å². The van der Waals surface area contributed by atoms with Crippen LogP contribution in [0.3, 0.4) is 0 Å². The quantitative estimate of drug-likeness (QED) is 0.742. The number of imidazole rings is 1. The summed E-state index contributed by atoms with van der Waals surface area (Å²) >= 11 is 1.56. The predicted octanol–water partition coefficient (Wildman–Crippen LogP) is 3.06. The number of benzene rings is 1. The summed E-state index contributed by atoms with van der Waals surface area (Å²) < 4.78 is 1.66. The van der Waals surface area contributed by atoms with Gasteiger partial charge in [0, 0.05) is 6.42 Å². The van der Waals surface area contributed by atoms with Crippen LogP contribution in [0.25, 0.3) is 4.96 Å². The third-order valence-corrected chi connectivity index (χ3v) is 4.24. The maximum atomic E-state index is 9.10. The number of hydrogen-bond donors (Lipinski definition) is 0. The summed E-state index contributed by atoms with van der Waals surface area (Å²) in [5.41, 5.74) is 3.87. The van der Waals surface area contributed by atoms with Crippen molar-refractivity contribution in [3.8, 4) is 6.07 Å². The third kappa shape index (κ3) is 2.30. The summed E-state index contributed by atoms with van der Waals surface area (Å²) in [6.07, 6.45) is 1.83. The Balaban J connectivity index is 1.80. The molecule has 0 unspecified atom stereocenters. The summed E-state index contributed by atoms with van der Waals surface area (Å²) in [5, 5.41) is 14.6. The first-order chi connectivity index (χ1) is 9.67. The van der Waals surface area contributed by atoms with Gasteiger partial charge in [0.05, 0.1) is 5.69 Å². The molecule has 100 valence electrons. The maximum absolute atomic E-state index is 9.10. The Morgan fingerprint density at radius 3 is 2.65 bits per heavy atom. The van der Waals surface area contributed by atoms with Crippen LogP contribution in [0.1, 0.15) is 27.5 Å². The van der Waals surface area contributed by atoms with Crippen molar-refractivity contribution in [3.63, 3.8) is 0 Å². The summed E-state index contributed by atoms with van der Waals surface area (Å²) in [4.78, 5) is 5.17. The van der Waals surface area contributed by atoms with E-state index < -0.39 is 0 Å². The summed E-state index contributed by atoms with van der Waals surface area (Å²) in [5.74, 6) is 0. The highest BCUT2D eigenvalue weighted by Crippen LogP contribution is 2.19. The summed E-state index contributed by atoms with van der Waals surface area (Å²) in [6, 6.07) is 10.7. The van der Waals surface area contributed by atoms with Crippen molar-refractivity contribution in [1.29, 1.82) is 5.26 Å². The number of rotatable bonds is 3. The maximum Gasteiger partial charge on any atom is 0.213 e. The van der Waals surface area contributed by atoms with Crippen LogP contribution in [0.5, 0.6) is 0 Å². The number of fused-ring (bicyclic) bond motifs is 1. The molecule has 0 aliphatic rings. The molecule has 2 aromatic heterocycles. The van der Waals surface area contributed by atoms with Crippen LogP contribution in [0.4, 0.5) is 0 Å². The SMILES string of the molecule is Cc1ccc(CCc2nn3c(C#N)c(C)nc3s2)cc1. The number of nitrogens with zero attached hydrogens (tertiary/aromatic N) is 4. The molecule has 3 aromatic rings. The van der Waals surface area contributed by atoms with Gasteiger partial charge >= 0.3 is 0 Å². The molecule has 0 N–H and O–H groups in total. The topological polar surface area (TPSA) is 54.0 Å². The van der Waals surface area contributed by atoms with Crippen LogP contribution in [-0.2, 0) is 12.8 Å². The molecule has 2 heterocycles. The molecule has 0 aliphatic carbocycles. The molecule has 5 heteroatoms. The van der Waals surface area contributed by atoms with Crippen LogP contribution in [0, 0.1) is 25.2 Å². The fourth-order valence-electron chi connectivity index (χ4n) is 2.12. The molecule has 20 heavy (non-hydrogen) atoms. The molecule has 0 aliphatic heterocycles. The summed E-state index contributed by atoms with van der Waals surface area (Å²) in [7, 11) is 0. The minimum atomic E-state index is 0.540. The number of nitriles is 1. The van der Waals surface area contributed by atoms with E-state index in [0.717, 1.165) is 28.5 Å². The Hall–Kier alpha value is -2.19. The van der Waals surface area contributed by atoms with E-state index in [9.17, 15) is 0 Å². The van der Waals surface area contributed by atoms with Crippen LogP contribution in [-0.4, -0.2) is 14.6 Å². The first kappa shape index (κ1) is 12.8. The second-order valence-corrected chi connectivity index (χ2v) is 5.87. The first-order valence-electron chi connectivity index (χ1n) is 6.48. The highest BCUT2D eigenvalue weighted by molar-refractivity contribution is 7.16. The minimum absolute atomic E-state index is 0.540. The van der Waals surface area contributed by atoms with E-state index in [2.05, 4.69) is 47.3 Å². The van der Waals surface area contributed by atoms with Crippen LogP contribution >= 0.6 is 11.3 Å². The van der Waals surface area contributed by atoms with Crippen molar-refractivity contribution in [1.82, 2.24) is 14.6 Å². The molecule has 0 bridgehead atoms. The van der Waals surface area contributed by atoms with Gasteiger partial charge in [0.2, 0.25) is 4.96 Å². The van der Waals surface area contributed by atoms with E-state index in [1.807, 2.05) is 6.92 Å². The van der Waals surface area contributed by atoms with Crippen LogP contribution < -0.4 is 0 Å². The number of aromatic nitrogens is 3. The average molecular weight is 282 g/mol. The van der Waals surface area contributed by atoms with Crippen molar-refractivity contribution < 1.29 is 0 Å². The fourth-order valence-corrected chi connectivity index (χ4v) is 3.06. The zero-order valence-electron chi connectivity index (χ0n) is 11.4. The number of aryl methyl sites for hydroxylation is 4. The molecule has 0 spiro atoms. The van der Waals surface area contributed by atoms with Gasteiger partial charge in [-0.05, 0) is 25.8 Å². The van der Waals surface area contributed by atoms with Gasteiger partial charge in [-0.15, -0.1) is 0 Å². The fraction of sp³-hybridized carbons (Fsp3) is 0.267. The lowest BCUT2D eigenvalue weighted by molar-refractivity contribution is 0.857. The molecule has 0 saturated heterocycles. The van der Waals surface area contributed by atoms with Crippen LogP contribution in [0.2, 0.25) is 0 Å². The second kappa shape index (κ2) is 5.06. The Bertz CT molecular complexity index is 790.